The molecule has 0 spiro atoms. The van der Waals surface area contributed by atoms with Crippen LogP contribution in [-0.2, 0) is 17.9 Å². The molecule has 0 aliphatic carbocycles. The van der Waals surface area contributed by atoms with Crippen molar-refractivity contribution in [3.8, 4) is 12.1 Å². The molecule has 0 saturated heterocycles. The topological polar surface area (TPSA) is 112 Å². The number of hydrogen-bond donors (Lipinski definition) is 0. The van der Waals surface area contributed by atoms with Gasteiger partial charge in [-0.15, -0.1) is 0 Å². The Hall–Kier alpha value is -3.65. The molecule has 0 unspecified atom stereocenters. The quantitative estimate of drug-likeness (QED) is 0.754. The van der Waals surface area contributed by atoms with E-state index in [4.69, 9.17) is 10.5 Å². The van der Waals surface area contributed by atoms with Crippen LogP contribution in [0.1, 0.15) is 30.0 Å². The Morgan fingerprint density at radius 3 is 2.46 bits per heavy atom. The number of aromatic nitrogens is 2. The first-order valence-corrected chi connectivity index (χ1v) is 8.83. The molecule has 0 fully saturated rings. The number of hydrogen-bond acceptors (Lipinski definition) is 5. The van der Waals surface area contributed by atoms with Crippen molar-refractivity contribution in [2.45, 2.75) is 40.3 Å². The van der Waals surface area contributed by atoms with Gasteiger partial charge in [-0.1, -0.05) is 6.07 Å². The standard InChI is InChI=1S/C20H21N5O3/c1-4-23-12-16(11-22)19(27)25(20(23)28)13-18(26)24(9-5-8-21)17-7-6-14(2)15(3)10-17/h6-7,10,12H,4-5,9,13H2,1-3H3. The fourth-order valence-electron chi connectivity index (χ4n) is 2.77. The van der Waals surface area contributed by atoms with E-state index < -0.39 is 23.7 Å². The van der Waals surface area contributed by atoms with E-state index in [1.54, 1.807) is 19.1 Å². The molecule has 28 heavy (non-hydrogen) atoms. The van der Waals surface area contributed by atoms with Crippen molar-refractivity contribution in [1.29, 1.82) is 10.5 Å². The van der Waals surface area contributed by atoms with E-state index in [1.807, 2.05) is 32.0 Å². The third-order valence-electron chi connectivity index (χ3n) is 4.54. The van der Waals surface area contributed by atoms with Crippen LogP contribution in [0.15, 0.2) is 34.0 Å². The maximum absolute atomic E-state index is 12.9. The van der Waals surface area contributed by atoms with Gasteiger partial charge in [-0.05, 0) is 44.0 Å². The van der Waals surface area contributed by atoms with Gasteiger partial charge in [0.05, 0.1) is 12.5 Å². The average molecular weight is 379 g/mol. The van der Waals surface area contributed by atoms with Crippen molar-refractivity contribution in [3.05, 3.63) is 61.9 Å². The normalized spacial score (nSPS) is 10.2. The van der Waals surface area contributed by atoms with Crippen molar-refractivity contribution in [2.75, 3.05) is 11.4 Å². The van der Waals surface area contributed by atoms with E-state index in [1.165, 1.54) is 15.7 Å². The van der Waals surface area contributed by atoms with Gasteiger partial charge in [0.1, 0.15) is 18.2 Å². The number of carbonyl (C=O) groups is 1. The molecule has 0 radical (unpaired) electrons. The SMILES string of the molecule is CCn1cc(C#N)c(=O)n(CC(=O)N(CCC#N)c2ccc(C)c(C)c2)c1=O. The molecule has 0 saturated carbocycles. The number of carbonyl (C=O) groups excluding carboxylic acids is 1. The van der Waals surface area contributed by atoms with Crippen LogP contribution >= 0.6 is 0 Å². The maximum Gasteiger partial charge on any atom is 0.331 e. The van der Waals surface area contributed by atoms with Gasteiger partial charge in [0.25, 0.3) is 5.56 Å². The highest BCUT2D eigenvalue weighted by Crippen LogP contribution is 2.19. The number of benzene rings is 1. The predicted molar refractivity (Wildman–Crippen MR) is 104 cm³/mol. The zero-order valence-corrected chi connectivity index (χ0v) is 16.1. The van der Waals surface area contributed by atoms with Gasteiger partial charge in [-0.3, -0.25) is 14.2 Å². The number of amides is 1. The lowest BCUT2D eigenvalue weighted by Crippen LogP contribution is -2.45. The van der Waals surface area contributed by atoms with Crippen LogP contribution in [0.5, 0.6) is 0 Å². The maximum atomic E-state index is 12.9. The van der Waals surface area contributed by atoms with Crippen LogP contribution in [0.2, 0.25) is 0 Å². The van der Waals surface area contributed by atoms with E-state index >= 15 is 0 Å². The first kappa shape index (κ1) is 20.7. The second kappa shape index (κ2) is 8.83. The van der Waals surface area contributed by atoms with Crippen molar-refractivity contribution in [3.63, 3.8) is 0 Å². The highest BCUT2D eigenvalue weighted by Gasteiger charge is 2.20. The minimum absolute atomic E-state index is 0.102. The van der Waals surface area contributed by atoms with Gasteiger partial charge in [-0.25, -0.2) is 9.36 Å². The Morgan fingerprint density at radius 2 is 1.89 bits per heavy atom. The average Bonchev–Trinajstić information content (AvgIpc) is 2.68. The van der Waals surface area contributed by atoms with Gasteiger partial charge in [0.2, 0.25) is 5.91 Å². The predicted octanol–water partition coefficient (Wildman–Crippen LogP) is 1.47. The Bertz CT molecular complexity index is 1100. The molecule has 1 amide bonds. The molecule has 144 valence electrons. The second-order valence-electron chi connectivity index (χ2n) is 6.34. The molecule has 8 heteroatoms. The number of nitrogens with zero attached hydrogens (tertiary/aromatic N) is 5. The summed E-state index contributed by atoms with van der Waals surface area (Å²) in [5.74, 6) is -0.504. The van der Waals surface area contributed by atoms with Gasteiger partial charge in [0, 0.05) is 25.0 Å². The summed E-state index contributed by atoms with van der Waals surface area (Å²) in [7, 11) is 0. The number of anilines is 1. The smallest absolute Gasteiger partial charge is 0.310 e. The van der Waals surface area contributed by atoms with Crippen LogP contribution in [-0.4, -0.2) is 21.6 Å². The molecule has 0 atom stereocenters. The molecule has 1 aromatic heterocycles. The van der Waals surface area contributed by atoms with Gasteiger partial charge in [0.15, 0.2) is 0 Å². The Kier molecular flexibility index (Phi) is 6.51. The molecule has 0 aliphatic heterocycles. The van der Waals surface area contributed by atoms with Crippen LogP contribution in [0.25, 0.3) is 0 Å². The Morgan fingerprint density at radius 1 is 1.18 bits per heavy atom. The van der Waals surface area contributed by atoms with Crippen molar-refractivity contribution in [2.24, 2.45) is 0 Å². The van der Waals surface area contributed by atoms with Crippen molar-refractivity contribution >= 4 is 11.6 Å². The molecule has 0 aliphatic rings. The molecule has 2 rings (SSSR count). The van der Waals surface area contributed by atoms with Crippen LogP contribution < -0.4 is 16.1 Å². The fraction of sp³-hybridized carbons (Fsp3) is 0.350. The largest absolute Gasteiger partial charge is 0.331 e. The molecular weight excluding hydrogens is 358 g/mol. The van der Waals surface area contributed by atoms with E-state index in [2.05, 4.69) is 0 Å². The zero-order valence-electron chi connectivity index (χ0n) is 16.1. The minimum atomic E-state index is -0.800. The molecule has 1 aromatic carbocycles. The Balaban J connectivity index is 2.48. The third-order valence-corrected chi connectivity index (χ3v) is 4.54. The first-order chi connectivity index (χ1) is 13.3. The molecule has 2 aromatic rings. The van der Waals surface area contributed by atoms with Crippen LogP contribution in [0.3, 0.4) is 0 Å². The summed E-state index contributed by atoms with van der Waals surface area (Å²) in [4.78, 5) is 39.2. The summed E-state index contributed by atoms with van der Waals surface area (Å²) in [6.07, 6.45) is 1.30. The number of nitriles is 2. The minimum Gasteiger partial charge on any atom is -0.310 e. The van der Waals surface area contributed by atoms with E-state index in [-0.39, 0.29) is 25.1 Å². The van der Waals surface area contributed by atoms with Crippen molar-refractivity contribution in [1.82, 2.24) is 9.13 Å². The second-order valence-corrected chi connectivity index (χ2v) is 6.34. The molecule has 0 N–H and O–H groups in total. The highest BCUT2D eigenvalue weighted by molar-refractivity contribution is 5.93. The van der Waals surface area contributed by atoms with Crippen LogP contribution in [0, 0.1) is 36.5 Å². The number of rotatable bonds is 6. The molecule has 1 heterocycles. The Labute approximate surface area is 162 Å². The molecular formula is C20H21N5O3. The number of aryl methyl sites for hydroxylation is 3. The summed E-state index contributed by atoms with van der Waals surface area (Å²) in [5.41, 5.74) is 0.961. The monoisotopic (exact) mass is 379 g/mol. The summed E-state index contributed by atoms with van der Waals surface area (Å²) in [5, 5.41) is 18.1. The van der Waals surface area contributed by atoms with Gasteiger partial charge in [-0.2, -0.15) is 10.5 Å². The first-order valence-electron chi connectivity index (χ1n) is 8.83. The lowest BCUT2D eigenvalue weighted by atomic mass is 10.1. The molecule has 0 bridgehead atoms. The zero-order chi connectivity index (χ0) is 20.8. The van der Waals surface area contributed by atoms with Crippen molar-refractivity contribution < 1.29 is 4.79 Å². The van der Waals surface area contributed by atoms with E-state index in [0.29, 0.717) is 5.69 Å². The fourth-order valence-corrected chi connectivity index (χ4v) is 2.77. The van der Waals surface area contributed by atoms with Crippen LogP contribution in [0.4, 0.5) is 5.69 Å². The van der Waals surface area contributed by atoms with E-state index in [0.717, 1.165) is 15.7 Å². The summed E-state index contributed by atoms with van der Waals surface area (Å²) >= 11 is 0. The van der Waals surface area contributed by atoms with Gasteiger partial charge < -0.3 is 4.90 Å². The lowest BCUT2D eigenvalue weighted by Gasteiger charge is -2.23. The summed E-state index contributed by atoms with van der Waals surface area (Å²) in [6.45, 7) is 5.44. The summed E-state index contributed by atoms with van der Waals surface area (Å²) < 4.78 is 1.98. The van der Waals surface area contributed by atoms with Gasteiger partial charge >= 0.3 is 5.69 Å². The third kappa shape index (κ3) is 4.18. The summed E-state index contributed by atoms with van der Waals surface area (Å²) in [6, 6.07) is 9.21. The highest BCUT2D eigenvalue weighted by atomic mass is 16.2. The lowest BCUT2D eigenvalue weighted by molar-refractivity contribution is -0.119. The molecule has 8 nitrogen and oxygen atoms in total. The van der Waals surface area contributed by atoms with E-state index in [9.17, 15) is 14.4 Å².